The first kappa shape index (κ1) is 12.9. The van der Waals surface area contributed by atoms with E-state index < -0.39 is 17.0 Å². The summed E-state index contributed by atoms with van der Waals surface area (Å²) >= 11 is 1.03. The Balaban J connectivity index is 2.85. The van der Waals surface area contributed by atoms with E-state index in [1.54, 1.807) is 6.92 Å². The van der Waals surface area contributed by atoms with Crippen LogP contribution in [0.1, 0.15) is 19.5 Å². The van der Waals surface area contributed by atoms with E-state index in [4.69, 9.17) is 0 Å². The van der Waals surface area contributed by atoms with Crippen LogP contribution in [0.25, 0.3) is 0 Å². The molecule has 1 aromatic rings. The average molecular weight is 244 g/mol. The predicted octanol–water partition coefficient (Wildman–Crippen LogP) is 1.83. The minimum absolute atomic E-state index is 0.185. The highest BCUT2D eigenvalue weighted by molar-refractivity contribution is 8.00. The number of methoxy groups -OCH3 is 1. The molecule has 0 bridgehead atoms. The molecule has 0 aromatic carbocycles. The Morgan fingerprint density at radius 3 is 2.88 bits per heavy atom. The topological polar surface area (TPSA) is 52.1 Å². The Bertz CT molecular complexity index is 387. The number of carbonyl (C=O) groups excluding carboxylic acids is 1. The normalized spacial score (nSPS) is 12.2. The highest BCUT2D eigenvalue weighted by Gasteiger charge is 2.19. The number of hydrogen-bond acceptors (Lipinski definition) is 5. The van der Waals surface area contributed by atoms with Crippen LogP contribution in [0, 0.1) is 5.82 Å². The summed E-state index contributed by atoms with van der Waals surface area (Å²) < 4.78 is 18.3. The van der Waals surface area contributed by atoms with Crippen molar-refractivity contribution >= 4 is 17.7 Å². The molecule has 1 atom stereocenters. The van der Waals surface area contributed by atoms with Crippen molar-refractivity contribution in [3.63, 3.8) is 0 Å². The summed E-state index contributed by atoms with van der Waals surface area (Å²) in [4.78, 5) is 18.8. The number of rotatable bonds is 4. The van der Waals surface area contributed by atoms with Gasteiger partial charge < -0.3 is 4.74 Å². The number of thioether (sulfide) groups is 1. The van der Waals surface area contributed by atoms with Crippen molar-refractivity contribution in [2.75, 3.05) is 7.11 Å². The average Bonchev–Trinajstić information content (AvgIpc) is 2.30. The summed E-state index contributed by atoms with van der Waals surface area (Å²) in [6.45, 7) is 3.45. The minimum Gasteiger partial charge on any atom is -0.468 e. The molecule has 88 valence electrons. The van der Waals surface area contributed by atoms with Gasteiger partial charge in [0.15, 0.2) is 5.82 Å². The molecule has 16 heavy (non-hydrogen) atoms. The molecular formula is C10H13FN2O2S. The minimum atomic E-state index is -0.487. The van der Waals surface area contributed by atoms with Gasteiger partial charge in [0.2, 0.25) is 0 Å². The Morgan fingerprint density at radius 2 is 2.31 bits per heavy atom. The molecule has 1 aromatic heterocycles. The van der Waals surface area contributed by atoms with Crippen LogP contribution in [-0.2, 0) is 16.0 Å². The van der Waals surface area contributed by atoms with Crippen LogP contribution in [0.2, 0.25) is 0 Å². The van der Waals surface area contributed by atoms with Gasteiger partial charge in [-0.3, -0.25) is 4.79 Å². The second-order valence-electron chi connectivity index (χ2n) is 3.08. The van der Waals surface area contributed by atoms with Gasteiger partial charge in [0.05, 0.1) is 12.8 Å². The molecule has 0 saturated heterocycles. The third kappa shape index (κ3) is 2.91. The number of halogens is 1. The molecule has 6 heteroatoms. The van der Waals surface area contributed by atoms with Gasteiger partial charge in [0.1, 0.15) is 16.6 Å². The van der Waals surface area contributed by atoms with Gasteiger partial charge in [-0.25, -0.2) is 14.4 Å². The van der Waals surface area contributed by atoms with Crippen LogP contribution < -0.4 is 0 Å². The highest BCUT2D eigenvalue weighted by Crippen LogP contribution is 2.25. The number of hydrogen-bond donors (Lipinski definition) is 0. The lowest BCUT2D eigenvalue weighted by atomic mass is 10.3. The van der Waals surface area contributed by atoms with Gasteiger partial charge in [-0.05, 0) is 13.3 Å². The van der Waals surface area contributed by atoms with Gasteiger partial charge in [-0.1, -0.05) is 18.7 Å². The fourth-order valence-corrected chi connectivity index (χ4v) is 1.95. The number of esters is 1. The maximum absolute atomic E-state index is 13.7. The number of nitrogens with zero attached hydrogens (tertiary/aromatic N) is 2. The van der Waals surface area contributed by atoms with Gasteiger partial charge >= 0.3 is 5.97 Å². The largest absolute Gasteiger partial charge is 0.468 e. The summed E-state index contributed by atoms with van der Waals surface area (Å²) in [5, 5.41) is -0.302. The van der Waals surface area contributed by atoms with E-state index in [1.165, 1.54) is 13.4 Å². The van der Waals surface area contributed by atoms with Crippen molar-refractivity contribution in [3.05, 3.63) is 17.8 Å². The highest BCUT2D eigenvalue weighted by atomic mass is 32.2. The fourth-order valence-electron chi connectivity index (χ4n) is 1.10. The summed E-state index contributed by atoms with van der Waals surface area (Å²) in [5.41, 5.74) is 0.356. The Kier molecular flexibility index (Phi) is 4.67. The van der Waals surface area contributed by atoms with E-state index >= 15 is 0 Å². The standard InChI is InChI=1S/C10H13FN2O2S/c1-4-7-8(11)9(13-5-12-7)16-6(2)10(14)15-3/h5-6H,4H2,1-3H3. The predicted molar refractivity (Wildman–Crippen MR) is 58.7 cm³/mol. The zero-order valence-corrected chi connectivity index (χ0v) is 10.2. The Hall–Kier alpha value is -1.17. The van der Waals surface area contributed by atoms with E-state index in [2.05, 4.69) is 14.7 Å². The molecule has 0 radical (unpaired) electrons. The van der Waals surface area contributed by atoms with Crippen molar-refractivity contribution in [2.24, 2.45) is 0 Å². The third-order valence-corrected chi connectivity index (χ3v) is 3.04. The van der Waals surface area contributed by atoms with Gasteiger partial charge in [-0.2, -0.15) is 0 Å². The molecule has 0 spiro atoms. The molecule has 0 amide bonds. The maximum atomic E-state index is 13.7. The molecule has 1 unspecified atom stereocenters. The van der Waals surface area contributed by atoms with Crippen LogP contribution in [0.4, 0.5) is 4.39 Å². The molecule has 4 nitrogen and oxygen atoms in total. The SMILES string of the molecule is CCc1ncnc(SC(C)C(=O)OC)c1F. The Labute approximate surface area is 97.6 Å². The van der Waals surface area contributed by atoms with Crippen LogP contribution >= 0.6 is 11.8 Å². The van der Waals surface area contributed by atoms with E-state index in [0.29, 0.717) is 12.1 Å². The van der Waals surface area contributed by atoms with Crippen LogP contribution in [0.3, 0.4) is 0 Å². The van der Waals surface area contributed by atoms with Crippen molar-refractivity contribution < 1.29 is 13.9 Å². The number of aryl methyl sites for hydroxylation is 1. The van der Waals surface area contributed by atoms with Crippen molar-refractivity contribution in [2.45, 2.75) is 30.5 Å². The van der Waals surface area contributed by atoms with Crippen molar-refractivity contribution in [1.82, 2.24) is 9.97 Å². The summed E-state index contributed by atoms with van der Waals surface area (Å²) in [7, 11) is 1.30. The lowest BCUT2D eigenvalue weighted by Gasteiger charge is -2.09. The first-order chi connectivity index (χ1) is 7.60. The van der Waals surface area contributed by atoms with Crippen LogP contribution in [-0.4, -0.2) is 28.3 Å². The number of carbonyl (C=O) groups is 1. The van der Waals surface area contributed by atoms with Crippen LogP contribution in [0.15, 0.2) is 11.4 Å². The second-order valence-corrected chi connectivity index (χ2v) is 4.41. The van der Waals surface area contributed by atoms with Crippen molar-refractivity contribution in [3.8, 4) is 0 Å². The zero-order valence-electron chi connectivity index (χ0n) is 9.36. The smallest absolute Gasteiger partial charge is 0.318 e. The molecule has 1 rings (SSSR count). The van der Waals surface area contributed by atoms with E-state index in [0.717, 1.165) is 11.8 Å². The summed E-state index contributed by atoms with van der Waals surface area (Å²) in [6, 6.07) is 0. The maximum Gasteiger partial charge on any atom is 0.318 e. The second kappa shape index (κ2) is 5.79. The van der Waals surface area contributed by atoms with E-state index in [9.17, 15) is 9.18 Å². The molecule has 0 aliphatic rings. The zero-order chi connectivity index (χ0) is 12.1. The first-order valence-electron chi connectivity index (χ1n) is 4.84. The van der Waals surface area contributed by atoms with Crippen LogP contribution in [0.5, 0.6) is 0 Å². The molecule has 0 saturated carbocycles. The Morgan fingerprint density at radius 1 is 1.62 bits per heavy atom. The molecule has 0 N–H and O–H groups in total. The lowest BCUT2D eigenvalue weighted by molar-refractivity contribution is -0.139. The van der Waals surface area contributed by atoms with E-state index in [1.807, 2.05) is 6.92 Å². The van der Waals surface area contributed by atoms with Gasteiger partial charge in [0.25, 0.3) is 0 Å². The van der Waals surface area contributed by atoms with Gasteiger partial charge in [0, 0.05) is 0 Å². The first-order valence-corrected chi connectivity index (χ1v) is 5.72. The molecule has 1 heterocycles. The molecule has 0 aliphatic carbocycles. The molecule has 0 fully saturated rings. The lowest BCUT2D eigenvalue weighted by Crippen LogP contribution is -2.15. The molecular weight excluding hydrogens is 231 g/mol. The van der Waals surface area contributed by atoms with Crippen molar-refractivity contribution in [1.29, 1.82) is 0 Å². The van der Waals surface area contributed by atoms with Gasteiger partial charge in [-0.15, -0.1) is 0 Å². The third-order valence-electron chi connectivity index (χ3n) is 1.99. The quantitative estimate of drug-likeness (QED) is 0.459. The monoisotopic (exact) mass is 244 g/mol. The van der Waals surface area contributed by atoms with E-state index in [-0.39, 0.29) is 5.03 Å². The fraction of sp³-hybridized carbons (Fsp3) is 0.500. The summed E-state index contributed by atoms with van der Waals surface area (Å²) in [5.74, 6) is -0.855. The number of aromatic nitrogens is 2. The molecule has 0 aliphatic heterocycles. The summed E-state index contributed by atoms with van der Waals surface area (Å²) in [6.07, 6.45) is 1.79. The number of ether oxygens (including phenoxy) is 1.